The molecule has 0 aliphatic rings. The van der Waals surface area contributed by atoms with E-state index in [1.165, 1.54) is 0 Å². The molecule has 0 aromatic carbocycles. The fraction of sp³-hybridized carbons (Fsp3) is 0.667. The Labute approximate surface area is 73.8 Å². The van der Waals surface area contributed by atoms with E-state index in [4.69, 9.17) is 0 Å². The fourth-order valence-electron chi connectivity index (χ4n) is 0.952. The van der Waals surface area contributed by atoms with Gasteiger partial charge in [0.05, 0.1) is 0 Å². The van der Waals surface area contributed by atoms with Gasteiger partial charge in [0.1, 0.15) is 0 Å². The molecule has 0 bridgehead atoms. The van der Waals surface area contributed by atoms with Gasteiger partial charge in [-0.05, 0) is 33.4 Å². The molecule has 0 radical (unpaired) electrons. The number of hydrogen-bond acceptors (Lipinski definition) is 2. The van der Waals surface area contributed by atoms with Gasteiger partial charge in [0.2, 0.25) is 0 Å². The minimum Gasteiger partial charge on any atom is -0.315 e. The van der Waals surface area contributed by atoms with Crippen LogP contribution in [0.5, 0.6) is 0 Å². The van der Waals surface area contributed by atoms with Crippen LogP contribution in [0.1, 0.15) is 20.3 Å². The summed E-state index contributed by atoms with van der Waals surface area (Å²) >= 11 is 0. The minimum absolute atomic E-state index is 0.200. The fourth-order valence-corrected chi connectivity index (χ4v) is 0.952. The molecule has 1 rings (SSSR count). The predicted octanol–water partition coefficient (Wildman–Crippen LogP) is 1.27. The van der Waals surface area contributed by atoms with Gasteiger partial charge >= 0.3 is 0 Å². The Kier molecular flexibility index (Phi) is 2.87. The maximum atomic E-state index is 4.14. The van der Waals surface area contributed by atoms with Gasteiger partial charge < -0.3 is 5.32 Å². The molecule has 12 heavy (non-hydrogen) atoms. The highest BCUT2D eigenvalue weighted by Gasteiger charge is 2.13. The van der Waals surface area contributed by atoms with Crippen LogP contribution in [0, 0.1) is 0 Å². The van der Waals surface area contributed by atoms with Crippen molar-refractivity contribution in [2.45, 2.75) is 32.4 Å². The summed E-state index contributed by atoms with van der Waals surface area (Å²) < 4.78 is 1.96. The largest absolute Gasteiger partial charge is 0.315 e. The molecule has 0 unspecified atom stereocenters. The normalized spacial score (nSPS) is 11.9. The summed E-state index contributed by atoms with van der Waals surface area (Å²) in [6.45, 7) is 5.36. The molecular weight excluding hydrogens is 150 g/mol. The lowest BCUT2D eigenvalue weighted by molar-refractivity contribution is 0.359. The van der Waals surface area contributed by atoms with E-state index in [0.29, 0.717) is 0 Å². The van der Waals surface area contributed by atoms with E-state index in [9.17, 15) is 0 Å². The molecule has 68 valence electrons. The smallest absolute Gasteiger partial charge is 0.0489 e. The molecule has 3 heteroatoms. The second kappa shape index (κ2) is 3.72. The summed E-state index contributed by atoms with van der Waals surface area (Å²) in [5.74, 6) is 0. The molecule has 0 aliphatic heterocycles. The second-order valence-corrected chi connectivity index (χ2v) is 3.65. The third kappa shape index (κ3) is 2.66. The summed E-state index contributed by atoms with van der Waals surface area (Å²) in [5.41, 5.74) is 0.200. The number of aromatic nitrogens is 2. The van der Waals surface area contributed by atoms with Gasteiger partial charge in [-0.2, -0.15) is 5.10 Å². The van der Waals surface area contributed by atoms with Crippen LogP contribution >= 0.6 is 0 Å². The Hall–Kier alpha value is -0.830. The average molecular weight is 167 g/mol. The van der Waals surface area contributed by atoms with Crippen LogP contribution in [0.4, 0.5) is 0 Å². The standard InChI is InChI=1S/C9H17N3/c1-9(2,10-3)5-8-12-7-4-6-11-12/h4,6-7,10H,5,8H2,1-3H3. The quantitative estimate of drug-likeness (QED) is 0.732. The Bertz CT molecular complexity index is 214. The first-order valence-corrected chi connectivity index (χ1v) is 4.30. The van der Waals surface area contributed by atoms with E-state index in [1.54, 1.807) is 0 Å². The lowest BCUT2D eigenvalue weighted by Gasteiger charge is -2.23. The summed E-state index contributed by atoms with van der Waals surface area (Å²) in [6, 6.07) is 1.95. The van der Waals surface area contributed by atoms with Gasteiger partial charge in [-0.15, -0.1) is 0 Å². The number of aryl methyl sites for hydroxylation is 1. The van der Waals surface area contributed by atoms with Crippen LogP contribution in [0.2, 0.25) is 0 Å². The van der Waals surface area contributed by atoms with Gasteiger partial charge in [-0.25, -0.2) is 0 Å². The minimum atomic E-state index is 0.200. The molecule has 0 atom stereocenters. The van der Waals surface area contributed by atoms with Crippen LogP contribution in [0.25, 0.3) is 0 Å². The molecule has 1 aromatic rings. The maximum Gasteiger partial charge on any atom is 0.0489 e. The average Bonchev–Trinajstić information content (AvgIpc) is 2.53. The predicted molar refractivity (Wildman–Crippen MR) is 50.0 cm³/mol. The van der Waals surface area contributed by atoms with Crippen molar-refractivity contribution in [2.75, 3.05) is 7.05 Å². The summed E-state index contributed by atoms with van der Waals surface area (Å²) in [4.78, 5) is 0. The molecule has 1 heterocycles. The summed E-state index contributed by atoms with van der Waals surface area (Å²) in [5, 5.41) is 7.41. The molecule has 1 N–H and O–H groups in total. The highest BCUT2D eigenvalue weighted by molar-refractivity contribution is 4.80. The van der Waals surface area contributed by atoms with Crippen LogP contribution in [-0.4, -0.2) is 22.4 Å². The maximum absolute atomic E-state index is 4.14. The molecule has 0 spiro atoms. The van der Waals surface area contributed by atoms with Crippen molar-refractivity contribution in [3.8, 4) is 0 Å². The first kappa shape index (κ1) is 9.26. The van der Waals surface area contributed by atoms with E-state index in [-0.39, 0.29) is 5.54 Å². The molecular formula is C9H17N3. The number of rotatable bonds is 4. The lowest BCUT2D eigenvalue weighted by Crippen LogP contribution is -2.37. The number of nitrogens with zero attached hydrogens (tertiary/aromatic N) is 2. The van der Waals surface area contributed by atoms with E-state index >= 15 is 0 Å². The highest BCUT2D eigenvalue weighted by atomic mass is 15.3. The van der Waals surface area contributed by atoms with Crippen molar-refractivity contribution in [1.82, 2.24) is 15.1 Å². The molecule has 3 nitrogen and oxygen atoms in total. The van der Waals surface area contributed by atoms with Crippen molar-refractivity contribution in [1.29, 1.82) is 0 Å². The van der Waals surface area contributed by atoms with Crippen LogP contribution in [-0.2, 0) is 6.54 Å². The van der Waals surface area contributed by atoms with Crippen LogP contribution in [0.15, 0.2) is 18.5 Å². The Morgan fingerprint density at radius 2 is 2.25 bits per heavy atom. The van der Waals surface area contributed by atoms with E-state index in [1.807, 2.05) is 30.2 Å². The van der Waals surface area contributed by atoms with E-state index in [2.05, 4.69) is 24.3 Å². The zero-order valence-corrected chi connectivity index (χ0v) is 8.04. The van der Waals surface area contributed by atoms with Crippen molar-refractivity contribution < 1.29 is 0 Å². The zero-order valence-electron chi connectivity index (χ0n) is 8.04. The van der Waals surface area contributed by atoms with E-state index in [0.717, 1.165) is 13.0 Å². The molecule has 0 amide bonds. The van der Waals surface area contributed by atoms with Gasteiger partial charge in [0, 0.05) is 24.5 Å². The number of hydrogen-bond donors (Lipinski definition) is 1. The SMILES string of the molecule is CNC(C)(C)CCn1cccn1. The van der Waals surface area contributed by atoms with Gasteiger partial charge in [-0.1, -0.05) is 0 Å². The van der Waals surface area contributed by atoms with Gasteiger partial charge in [-0.3, -0.25) is 4.68 Å². The summed E-state index contributed by atoms with van der Waals surface area (Å²) in [7, 11) is 1.99. The van der Waals surface area contributed by atoms with Crippen molar-refractivity contribution >= 4 is 0 Å². The van der Waals surface area contributed by atoms with Gasteiger partial charge in [0.15, 0.2) is 0 Å². The first-order chi connectivity index (χ1) is 5.64. The summed E-state index contributed by atoms with van der Waals surface area (Å²) in [6.07, 6.45) is 4.89. The highest BCUT2D eigenvalue weighted by Crippen LogP contribution is 2.07. The Morgan fingerprint density at radius 1 is 1.50 bits per heavy atom. The monoisotopic (exact) mass is 167 g/mol. The third-order valence-electron chi connectivity index (χ3n) is 2.20. The van der Waals surface area contributed by atoms with Crippen LogP contribution < -0.4 is 5.32 Å². The lowest BCUT2D eigenvalue weighted by atomic mass is 10.0. The van der Waals surface area contributed by atoms with Crippen molar-refractivity contribution in [3.63, 3.8) is 0 Å². The Balaban J connectivity index is 2.36. The first-order valence-electron chi connectivity index (χ1n) is 4.30. The third-order valence-corrected chi connectivity index (χ3v) is 2.20. The topological polar surface area (TPSA) is 29.9 Å². The molecule has 0 fully saturated rings. The molecule has 0 aliphatic carbocycles. The number of nitrogens with one attached hydrogen (secondary N) is 1. The molecule has 1 aromatic heterocycles. The molecule has 0 saturated carbocycles. The van der Waals surface area contributed by atoms with Gasteiger partial charge in [0.25, 0.3) is 0 Å². The van der Waals surface area contributed by atoms with Crippen LogP contribution in [0.3, 0.4) is 0 Å². The molecule has 0 saturated heterocycles. The Morgan fingerprint density at radius 3 is 2.75 bits per heavy atom. The zero-order chi connectivity index (χ0) is 9.03. The van der Waals surface area contributed by atoms with Crippen molar-refractivity contribution in [2.24, 2.45) is 0 Å². The van der Waals surface area contributed by atoms with Crippen molar-refractivity contribution in [3.05, 3.63) is 18.5 Å². The van der Waals surface area contributed by atoms with E-state index < -0.39 is 0 Å². The second-order valence-electron chi connectivity index (χ2n) is 3.65.